The van der Waals surface area contributed by atoms with E-state index in [4.69, 9.17) is 0 Å². The average Bonchev–Trinajstić information content (AvgIpc) is 2.17. The Kier molecular flexibility index (Phi) is 4.15. The summed E-state index contributed by atoms with van der Waals surface area (Å²) in [4.78, 5) is 0. The smallest absolute Gasteiger partial charge is 0.306 e. The largest absolute Gasteiger partial charge is 0.404 e. The Morgan fingerprint density at radius 1 is 1.20 bits per heavy atom. The molecule has 0 amide bonds. The number of alkyl halides is 3. The van der Waals surface area contributed by atoms with Gasteiger partial charge in [-0.15, -0.1) is 0 Å². The number of hydrogen-bond acceptors (Lipinski definition) is 1. The lowest BCUT2D eigenvalue weighted by Gasteiger charge is -2.20. The summed E-state index contributed by atoms with van der Waals surface area (Å²) in [5, 5.41) is 2.45. The van der Waals surface area contributed by atoms with E-state index >= 15 is 0 Å². The Balaban J connectivity index is 2.67. The van der Waals surface area contributed by atoms with Crippen molar-refractivity contribution in [2.24, 2.45) is 0 Å². The van der Waals surface area contributed by atoms with Crippen LogP contribution in [0.3, 0.4) is 0 Å². The molecule has 0 aliphatic heterocycles. The van der Waals surface area contributed by atoms with E-state index in [-0.39, 0.29) is 6.42 Å². The zero-order valence-corrected chi connectivity index (χ0v) is 8.51. The summed E-state index contributed by atoms with van der Waals surface area (Å²) >= 11 is 0. The molecule has 15 heavy (non-hydrogen) atoms. The van der Waals surface area contributed by atoms with Gasteiger partial charge >= 0.3 is 6.18 Å². The molecule has 1 nitrogen and oxygen atoms in total. The number of benzene rings is 1. The second-order valence-corrected chi connectivity index (χ2v) is 3.34. The molecule has 84 valence electrons. The second kappa shape index (κ2) is 5.16. The van der Waals surface area contributed by atoms with E-state index in [2.05, 4.69) is 5.32 Å². The van der Waals surface area contributed by atoms with Crippen molar-refractivity contribution in [3.05, 3.63) is 35.9 Å². The van der Waals surface area contributed by atoms with Crippen LogP contribution in [-0.2, 0) is 6.42 Å². The van der Waals surface area contributed by atoms with Crippen molar-refractivity contribution in [2.75, 3.05) is 6.54 Å². The third-order valence-electron chi connectivity index (χ3n) is 2.13. The molecule has 0 aromatic heterocycles. The van der Waals surface area contributed by atoms with Gasteiger partial charge in [0.15, 0.2) is 0 Å². The number of nitrogens with one attached hydrogen (secondary N) is 1. The molecule has 4 heteroatoms. The minimum atomic E-state index is -4.19. The molecule has 1 rings (SSSR count). The van der Waals surface area contributed by atoms with Crippen LogP contribution < -0.4 is 5.32 Å². The molecule has 0 bridgehead atoms. The maximum atomic E-state index is 12.5. The van der Waals surface area contributed by atoms with Gasteiger partial charge in [-0.25, -0.2) is 0 Å². The van der Waals surface area contributed by atoms with Gasteiger partial charge in [0.25, 0.3) is 0 Å². The molecule has 0 spiro atoms. The van der Waals surface area contributed by atoms with Crippen LogP contribution in [0.1, 0.15) is 12.5 Å². The number of halogens is 3. The van der Waals surface area contributed by atoms with Crippen molar-refractivity contribution >= 4 is 0 Å². The van der Waals surface area contributed by atoms with Crippen LogP contribution in [0.4, 0.5) is 13.2 Å². The van der Waals surface area contributed by atoms with Crippen molar-refractivity contribution in [1.82, 2.24) is 5.32 Å². The highest BCUT2D eigenvalue weighted by atomic mass is 19.4. The van der Waals surface area contributed by atoms with Gasteiger partial charge < -0.3 is 5.32 Å². The van der Waals surface area contributed by atoms with Crippen LogP contribution in [0.5, 0.6) is 0 Å². The van der Waals surface area contributed by atoms with E-state index in [9.17, 15) is 13.2 Å². The molecule has 1 atom stereocenters. The van der Waals surface area contributed by atoms with Crippen molar-refractivity contribution in [2.45, 2.75) is 25.6 Å². The molecular weight excluding hydrogens is 203 g/mol. The summed E-state index contributed by atoms with van der Waals surface area (Å²) in [6, 6.07) is 7.24. The lowest BCUT2D eigenvalue weighted by Crippen LogP contribution is -2.43. The summed E-state index contributed by atoms with van der Waals surface area (Å²) in [6.45, 7) is 1.99. The Hall–Kier alpha value is -1.03. The van der Waals surface area contributed by atoms with E-state index in [1.807, 2.05) is 0 Å². The van der Waals surface area contributed by atoms with Gasteiger partial charge in [-0.1, -0.05) is 37.3 Å². The summed E-state index contributed by atoms with van der Waals surface area (Å²) < 4.78 is 37.6. The molecule has 0 aliphatic carbocycles. The Morgan fingerprint density at radius 3 is 2.27 bits per heavy atom. The Bertz CT molecular complexity index is 282. The second-order valence-electron chi connectivity index (χ2n) is 3.34. The first-order valence-corrected chi connectivity index (χ1v) is 4.88. The summed E-state index contributed by atoms with van der Waals surface area (Å²) in [7, 11) is 0. The first-order valence-electron chi connectivity index (χ1n) is 4.88. The highest BCUT2D eigenvalue weighted by molar-refractivity contribution is 5.16. The molecule has 0 saturated heterocycles. The molecule has 1 N–H and O–H groups in total. The van der Waals surface area contributed by atoms with Crippen molar-refractivity contribution in [1.29, 1.82) is 0 Å². The van der Waals surface area contributed by atoms with Crippen LogP contribution >= 0.6 is 0 Å². The Labute approximate surface area is 87.3 Å². The average molecular weight is 217 g/mol. The number of hydrogen-bond donors (Lipinski definition) is 1. The third kappa shape index (κ3) is 3.91. The molecule has 0 heterocycles. The highest BCUT2D eigenvalue weighted by Gasteiger charge is 2.38. The molecule has 0 aliphatic rings. The highest BCUT2D eigenvalue weighted by Crippen LogP contribution is 2.22. The van der Waals surface area contributed by atoms with Crippen molar-refractivity contribution in [3.63, 3.8) is 0 Å². The fraction of sp³-hybridized carbons (Fsp3) is 0.455. The molecule has 0 fully saturated rings. The lowest BCUT2D eigenvalue weighted by molar-refractivity contribution is -0.155. The van der Waals surface area contributed by atoms with Crippen LogP contribution in [-0.4, -0.2) is 18.8 Å². The minimum absolute atomic E-state index is 0.0157. The number of likely N-dealkylation sites (N-methyl/N-ethyl adjacent to an activating group) is 1. The molecular formula is C11H14F3N. The van der Waals surface area contributed by atoms with Gasteiger partial charge in [-0.05, 0) is 18.5 Å². The van der Waals surface area contributed by atoms with E-state index in [0.717, 1.165) is 0 Å². The topological polar surface area (TPSA) is 12.0 Å². The van der Waals surface area contributed by atoms with Crippen LogP contribution in [0.15, 0.2) is 30.3 Å². The van der Waals surface area contributed by atoms with Crippen molar-refractivity contribution < 1.29 is 13.2 Å². The summed E-state index contributed by atoms with van der Waals surface area (Å²) in [6.07, 6.45) is -4.20. The first-order chi connectivity index (χ1) is 7.04. The summed E-state index contributed by atoms with van der Waals surface area (Å²) in [5.74, 6) is 0. The molecule has 1 aromatic carbocycles. The predicted octanol–water partition coefficient (Wildman–Crippen LogP) is 2.77. The van der Waals surface area contributed by atoms with E-state index in [0.29, 0.717) is 12.1 Å². The van der Waals surface area contributed by atoms with Crippen LogP contribution in [0, 0.1) is 0 Å². The van der Waals surface area contributed by atoms with Gasteiger partial charge in [0.1, 0.15) is 6.04 Å². The zero-order chi connectivity index (χ0) is 11.3. The van der Waals surface area contributed by atoms with Gasteiger partial charge in [0.2, 0.25) is 0 Å². The van der Waals surface area contributed by atoms with Crippen LogP contribution in [0.2, 0.25) is 0 Å². The zero-order valence-electron chi connectivity index (χ0n) is 8.51. The molecule has 0 saturated carbocycles. The fourth-order valence-electron chi connectivity index (χ4n) is 1.40. The molecule has 1 unspecified atom stereocenters. The number of rotatable bonds is 4. The van der Waals surface area contributed by atoms with E-state index in [1.54, 1.807) is 37.3 Å². The lowest BCUT2D eigenvalue weighted by atomic mass is 10.1. The predicted molar refractivity (Wildman–Crippen MR) is 53.7 cm³/mol. The fourth-order valence-corrected chi connectivity index (χ4v) is 1.40. The maximum absolute atomic E-state index is 12.5. The Morgan fingerprint density at radius 2 is 1.80 bits per heavy atom. The van der Waals surface area contributed by atoms with E-state index < -0.39 is 12.2 Å². The monoisotopic (exact) mass is 217 g/mol. The van der Waals surface area contributed by atoms with E-state index in [1.165, 1.54) is 0 Å². The standard InChI is InChI=1S/C11H14F3N/c1-2-15-10(11(12,13)14)8-9-6-4-3-5-7-9/h3-7,10,15H,2,8H2,1H3. The van der Waals surface area contributed by atoms with Crippen LogP contribution in [0.25, 0.3) is 0 Å². The van der Waals surface area contributed by atoms with Crippen molar-refractivity contribution in [3.8, 4) is 0 Å². The third-order valence-corrected chi connectivity index (χ3v) is 2.13. The molecule has 1 aromatic rings. The first kappa shape index (κ1) is 12.0. The van der Waals surface area contributed by atoms with Gasteiger partial charge in [0.05, 0.1) is 0 Å². The minimum Gasteiger partial charge on any atom is -0.306 e. The summed E-state index contributed by atoms with van der Waals surface area (Å²) in [5.41, 5.74) is 0.695. The normalized spacial score (nSPS) is 13.9. The van der Waals surface area contributed by atoms with Gasteiger partial charge in [-0.3, -0.25) is 0 Å². The molecule has 0 radical (unpaired) electrons. The van der Waals surface area contributed by atoms with Gasteiger partial charge in [0, 0.05) is 0 Å². The van der Waals surface area contributed by atoms with Gasteiger partial charge in [-0.2, -0.15) is 13.2 Å². The maximum Gasteiger partial charge on any atom is 0.404 e. The SMILES string of the molecule is CCNC(Cc1ccccc1)C(F)(F)F. The quantitative estimate of drug-likeness (QED) is 0.817.